The average Bonchev–Trinajstić information content (AvgIpc) is 3.56. The van der Waals surface area contributed by atoms with Crippen molar-refractivity contribution in [1.82, 2.24) is 20.1 Å². The Morgan fingerprint density at radius 2 is 1.77 bits per heavy atom. The number of sulfone groups is 1. The summed E-state index contributed by atoms with van der Waals surface area (Å²) in [6, 6.07) is 16.6. The lowest BCUT2D eigenvalue weighted by Gasteiger charge is -2.41. The predicted molar refractivity (Wildman–Crippen MR) is 159 cm³/mol. The van der Waals surface area contributed by atoms with Gasteiger partial charge in [0.2, 0.25) is 0 Å². The first-order chi connectivity index (χ1) is 19.3. The Bertz CT molecular complexity index is 1630. The summed E-state index contributed by atoms with van der Waals surface area (Å²) >= 11 is 0. The Labute approximate surface area is 236 Å². The van der Waals surface area contributed by atoms with Crippen LogP contribution in [0.3, 0.4) is 0 Å². The third kappa shape index (κ3) is 5.08. The van der Waals surface area contributed by atoms with Gasteiger partial charge in [0.1, 0.15) is 0 Å². The molecule has 0 spiro atoms. The van der Waals surface area contributed by atoms with Gasteiger partial charge in [-0.2, -0.15) is 5.10 Å². The second kappa shape index (κ2) is 10.7. The second-order valence-electron chi connectivity index (χ2n) is 11.7. The molecule has 1 aliphatic carbocycles. The van der Waals surface area contributed by atoms with Crippen molar-refractivity contribution >= 4 is 20.9 Å². The van der Waals surface area contributed by atoms with Gasteiger partial charge in [-0.15, -0.1) is 0 Å². The molecule has 2 aromatic carbocycles. The molecule has 1 aliphatic heterocycles. The minimum absolute atomic E-state index is 0.0412. The summed E-state index contributed by atoms with van der Waals surface area (Å²) in [6.45, 7) is 6.26. The highest BCUT2D eigenvalue weighted by atomic mass is 32.2. The van der Waals surface area contributed by atoms with Crippen molar-refractivity contribution in [2.45, 2.75) is 68.8 Å². The van der Waals surface area contributed by atoms with Crippen molar-refractivity contribution in [2.24, 2.45) is 0 Å². The Hall–Kier alpha value is -3.07. The first-order valence-corrected chi connectivity index (χ1v) is 16.0. The van der Waals surface area contributed by atoms with Crippen molar-refractivity contribution in [3.8, 4) is 22.4 Å². The van der Waals surface area contributed by atoms with Gasteiger partial charge in [0.15, 0.2) is 15.5 Å². The van der Waals surface area contributed by atoms with E-state index in [0.29, 0.717) is 11.7 Å². The normalized spacial score (nSPS) is 21.9. The molecule has 0 saturated carbocycles. The molecule has 0 amide bonds. The van der Waals surface area contributed by atoms with Gasteiger partial charge in [0.25, 0.3) is 0 Å². The highest BCUT2D eigenvalue weighted by Gasteiger charge is 2.38. The van der Waals surface area contributed by atoms with Crippen LogP contribution in [0.5, 0.6) is 0 Å². The highest BCUT2D eigenvalue weighted by molar-refractivity contribution is 7.91. The minimum atomic E-state index is -3.38. The second-order valence-corrected chi connectivity index (χ2v) is 13.8. The molecular formula is C32H38N4O3S. The van der Waals surface area contributed by atoms with Crippen LogP contribution in [0.15, 0.2) is 59.6 Å². The van der Waals surface area contributed by atoms with Gasteiger partial charge in [-0.3, -0.25) is 10.00 Å². The Morgan fingerprint density at radius 3 is 2.50 bits per heavy atom. The van der Waals surface area contributed by atoms with E-state index in [1.807, 2.05) is 18.3 Å². The fourth-order valence-electron chi connectivity index (χ4n) is 6.65. The van der Waals surface area contributed by atoms with Gasteiger partial charge in [0.05, 0.1) is 22.9 Å². The number of benzene rings is 2. The molecule has 2 aromatic heterocycles. The van der Waals surface area contributed by atoms with Gasteiger partial charge in [-0.05, 0) is 93.8 Å². The van der Waals surface area contributed by atoms with Crippen molar-refractivity contribution in [3.63, 3.8) is 0 Å². The number of nitrogens with one attached hydrogen (secondary N) is 1. The van der Waals surface area contributed by atoms with Crippen LogP contribution in [0, 0.1) is 0 Å². The maximum Gasteiger partial charge on any atom is 0.181 e. The smallest absolute Gasteiger partial charge is 0.181 e. The number of aromatic amines is 1. The Morgan fingerprint density at radius 1 is 1.02 bits per heavy atom. The molecule has 8 heteroatoms. The average molecular weight is 559 g/mol. The maximum absolute atomic E-state index is 12.5. The zero-order valence-electron chi connectivity index (χ0n) is 23.6. The number of likely N-dealkylation sites (tertiary alicyclic amines) is 1. The van der Waals surface area contributed by atoms with Crippen molar-refractivity contribution in [2.75, 3.05) is 26.0 Å². The molecule has 0 bridgehead atoms. The number of pyridine rings is 1. The molecule has 1 saturated heterocycles. The molecule has 6 rings (SSSR count). The SMILES string of the molecule is COCCS(=O)(=O)c1ccc(-c2[nH]nc3ncc(-c4ccc5c(c4)CCC(C)(N4CCCC4C)CC5)cc23)cc1. The van der Waals surface area contributed by atoms with E-state index in [4.69, 9.17) is 4.74 Å². The monoisotopic (exact) mass is 558 g/mol. The fourth-order valence-corrected chi connectivity index (χ4v) is 7.83. The maximum atomic E-state index is 12.5. The van der Waals surface area contributed by atoms with E-state index in [2.05, 4.69) is 58.2 Å². The van der Waals surface area contributed by atoms with Crippen LogP contribution in [-0.4, -0.2) is 66.1 Å². The summed E-state index contributed by atoms with van der Waals surface area (Å²) in [7, 11) is -1.88. The summed E-state index contributed by atoms with van der Waals surface area (Å²) < 4.78 is 30.0. The Balaban J connectivity index is 1.27. The molecule has 1 N–H and O–H groups in total. The van der Waals surface area contributed by atoms with E-state index in [1.165, 1.54) is 50.5 Å². The van der Waals surface area contributed by atoms with Crippen LogP contribution in [0.1, 0.15) is 50.7 Å². The summed E-state index contributed by atoms with van der Waals surface area (Å²) in [5.41, 5.74) is 7.74. The lowest BCUT2D eigenvalue weighted by molar-refractivity contribution is 0.0821. The number of fused-ring (bicyclic) bond motifs is 2. The van der Waals surface area contributed by atoms with Crippen molar-refractivity contribution in [3.05, 3.63) is 65.9 Å². The zero-order valence-corrected chi connectivity index (χ0v) is 24.4. The van der Waals surface area contributed by atoms with Crippen LogP contribution < -0.4 is 0 Å². The van der Waals surface area contributed by atoms with Crippen LogP contribution in [0.25, 0.3) is 33.4 Å². The van der Waals surface area contributed by atoms with Gasteiger partial charge in [0, 0.05) is 41.4 Å². The first kappa shape index (κ1) is 27.1. The standard InChI is InChI=1S/C32H38N4O3S/c1-22-5-4-16-36(22)32(2)14-12-23-6-7-25(19-26(23)13-15-32)27-20-29-30(34-35-31(29)33-21-27)24-8-10-28(11-9-24)40(37,38)18-17-39-3/h6-11,19-22H,4-5,12-18H2,1-3H3,(H,33,34,35). The topological polar surface area (TPSA) is 88.2 Å². The van der Waals surface area contributed by atoms with E-state index in [-0.39, 0.29) is 22.8 Å². The summed E-state index contributed by atoms with van der Waals surface area (Å²) in [6.07, 6.45) is 9.14. The molecule has 0 radical (unpaired) electrons. The molecule has 2 aliphatic rings. The fraction of sp³-hybridized carbons (Fsp3) is 0.438. The summed E-state index contributed by atoms with van der Waals surface area (Å²) in [5, 5.41) is 8.44. The largest absolute Gasteiger partial charge is 0.384 e. The van der Waals surface area contributed by atoms with E-state index >= 15 is 0 Å². The van der Waals surface area contributed by atoms with Crippen LogP contribution in [0.2, 0.25) is 0 Å². The summed E-state index contributed by atoms with van der Waals surface area (Å²) in [5.74, 6) is -0.0412. The van der Waals surface area contributed by atoms with E-state index in [1.54, 1.807) is 12.1 Å². The van der Waals surface area contributed by atoms with Crippen molar-refractivity contribution in [1.29, 1.82) is 0 Å². The van der Waals surface area contributed by atoms with Gasteiger partial charge in [-0.25, -0.2) is 13.4 Å². The van der Waals surface area contributed by atoms with E-state index < -0.39 is 9.84 Å². The third-order valence-electron chi connectivity index (χ3n) is 9.12. The molecule has 3 heterocycles. The van der Waals surface area contributed by atoms with Gasteiger partial charge in [-0.1, -0.05) is 30.3 Å². The predicted octanol–water partition coefficient (Wildman–Crippen LogP) is 5.83. The van der Waals surface area contributed by atoms with E-state index in [9.17, 15) is 8.42 Å². The van der Waals surface area contributed by atoms with Crippen LogP contribution >= 0.6 is 0 Å². The summed E-state index contributed by atoms with van der Waals surface area (Å²) in [4.78, 5) is 7.70. The molecule has 210 valence electrons. The van der Waals surface area contributed by atoms with Crippen LogP contribution in [0.4, 0.5) is 0 Å². The number of nitrogens with zero attached hydrogens (tertiary/aromatic N) is 3. The molecule has 4 aromatic rings. The number of hydrogen-bond acceptors (Lipinski definition) is 6. The minimum Gasteiger partial charge on any atom is -0.384 e. The molecule has 1 fully saturated rings. The lowest BCUT2D eigenvalue weighted by Crippen LogP contribution is -2.48. The van der Waals surface area contributed by atoms with Crippen molar-refractivity contribution < 1.29 is 13.2 Å². The third-order valence-corrected chi connectivity index (χ3v) is 10.8. The Kier molecular flexibility index (Phi) is 7.27. The lowest BCUT2D eigenvalue weighted by atomic mass is 9.89. The van der Waals surface area contributed by atoms with E-state index in [0.717, 1.165) is 40.6 Å². The van der Waals surface area contributed by atoms with Crippen LogP contribution in [-0.2, 0) is 27.4 Å². The number of methoxy groups -OCH3 is 1. The molecule has 7 nitrogen and oxygen atoms in total. The van der Waals surface area contributed by atoms with Gasteiger partial charge >= 0.3 is 0 Å². The molecule has 2 unspecified atom stereocenters. The number of aryl methyl sites for hydroxylation is 2. The number of rotatable bonds is 7. The number of hydrogen-bond donors (Lipinski definition) is 1. The zero-order chi connectivity index (χ0) is 27.9. The number of H-pyrrole nitrogens is 1. The van der Waals surface area contributed by atoms with Gasteiger partial charge < -0.3 is 4.74 Å². The molecule has 40 heavy (non-hydrogen) atoms. The molecule has 2 atom stereocenters. The number of ether oxygens (including phenoxy) is 1. The first-order valence-electron chi connectivity index (χ1n) is 14.3. The number of aromatic nitrogens is 3. The molecular weight excluding hydrogens is 520 g/mol. The highest BCUT2D eigenvalue weighted by Crippen LogP contribution is 2.38. The quantitative estimate of drug-likeness (QED) is 0.287.